The number of carbonyl (C=O) groups is 2. The highest BCUT2D eigenvalue weighted by Gasteiger charge is 2.56. The number of rotatable bonds is 3. The Morgan fingerprint density at radius 1 is 1.63 bits per heavy atom. The molecule has 1 fully saturated rings. The molecule has 104 valence electrons. The van der Waals surface area contributed by atoms with E-state index in [4.69, 9.17) is 9.47 Å². The molecule has 19 heavy (non-hydrogen) atoms. The van der Waals surface area contributed by atoms with Crippen molar-refractivity contribution in [3.63, 3.8) is 0 Å². The summed E-state index contributed by atoms with van der Waals surface area (Å²) in [5.41, 5.74) is -1.09. The van der Waals surface area contributed by atoms with Gasteiger partial charge in [0.1, 0.15) is 0 Å². The summed E-state index contributed by atoms with van der Waals surface area (Å²) in [5, 5.41) is 0. The number of hydrogen-bond acceptors (Lipinski definition) is 4. The Morgan fingerprint density at radius 3 is 3.05 bits per heavy atom. The fraction of sp³-hybridized carbons (Fsp3) is 0.600. The molecule has 1 saturated heterocycles. The molecular formula is C15H20O4. The van der Waals surface area contributed by atoms with E-state index < -0.39 is 11.6 Å². The normalized spacial score (nSPS) is 37.2. The Bertz CT molecular complexity index is 451. The van der Waals surface area contributed by atoms with Crippen LogP contribution in [0.15, 0.2) is 24.3 Å². The summed E-state index contributed by atoms with van der Waals surface area (Å²) in [6.07, 6.45) is 8.22. The van der Waals surface area contributed by atoms with Crippen LogP contribution in [-0.4, -0.2) is 24.1 Å². The van der Waals surface area contributed by atoms with Crippen molar-refractivity contribution in [1.29, 1.82) is 0 Å². The second-order valence-electron chi connectivity index (χ2n) is 5.63. The molecule has 4 heteroatoms. The molecule has 0 spiro atoms. The van der Waals surface area contributed by atoms with Crippen LogP contribution in [0.25, 0.3) is 0 Å². The van der Waals surface area contributed by atoms with Crippen molar-refractivity contribution in [2.45, 2.75) is 39.2 Å². The van der Waals surface area contributed by atoms with E-state index in [0.717, 1.165) is 6.42 Å². The minimum absolute atomic E-state index is 0.213. The molecule has 1 heterocycles. The second-order valence-corrected chi connectivity index (χ2v) is 5.63. The number of carbonyl (C=O) groups excluding carboxylic acids is 2. The average Bonchev–Trinajstić information content (AvgIpc) is 2.57. The van der Waals surface area contributed by atoms with Crippen LogP contribution in [0.4, 0.5) is 0 Å². The van der Waals surface area contributed by atoms with Gasteiger partial charge in [-0.3, -0.25) is 4.79 Å². The van der Waals surface area contributed by atoms with E-state index in [1.165, 1.54) is 6.08 Å². The quantitative estimate of drug-likeness (QED) is 0.446. The molecule has 0 amide bonds. The van der Waals surface area contributed by atoms with E-state index in [2.05, 4.69) is 6.92 Å². The first kappa shape index (κ1) is 13.8. The summed E-state index contributed by atoms with van der Waals surface area (Å²) < 4.78 is 10.4. The predicted octanol–water partition coefficient (Wildman–Crippen LogP) is 2.39. The van der Waals surface area contributed by atoms with Gasteiger partial charge in [0.15, 0.2) is 5.60 Å². The zero-order valence-electron chi connectivity index (χ0n) is 11.6. The van der Waals surface area contributed by atoms with E-state index in [0.29, 0.717) is 18.9 Å². The van der Waals surface area contributed by atoms with Crippen molar-refractivity contribution in [3.8, 4) is 0 Å². The molecule has 0 radical (unpaired) electrons. The molecule has 0 N–H and O–H groups in total. The Balaban J connectivity index is 2.30. The lowest BCUT2D eigenvalue weighted by Gasteiger charge is -2.41. The predicted molar refractivity (Wildman–Crippen MR) is 70.2 cm³/mol. The fourth-order valence-electron chi connectivity index (χ4n) is 3.03. The molecule has 1 unspecified atom stereocenters. The molecule has 0 aromatic rings. The largest absolute Gasteiger partial charge is 0.463 e. The molecule has 2 aliphatic rings. The van der Waals surface area contributed by atoms with Crippen molar-refractivity contribution < 1.29 is 19.1 Å². The van der Waals surface area contributed by atoms with Gasteiger partial charge >= 0.3 is 11.9 Å². The van der Waals surface area contributed by atoms with Crippen molar-refractivity contribution in [2.24, 2.45) is 11.3 Å². The van der Waals surface area contributed by atoms with E-state index >= 15 is 0 Å². The van der Waals surface area contributed by atoms with Crippen molar-refractivity contribution in [1.82, 2.24) is 0 Å². The van der Waals surface area contributed by atoms with Crippen LogP contribution in [0.1, 0.15) is 33.6 Å². The number of hydrogen-bond donors (Lipinski definition) is 0. The van der Waals surface area contributed by atoms with Gasteiger partial charge in [-0.1, -0.05) is 19.9 Å². The molecule has 0 saturated carbocycles. The number of fused-ring (bicyclic) bond motifs is 1. The van der Waals surface area contributed by atoms with Gasteiger partial charge in [0.25, 0.3) is 0 Å². The summed E-state index contributed by atoms with van der Waals surface area (Å²) in [4.78, 5) is 23.1. The summed E-state index contributed by atoms with van der Waals surface area (Å²) >= 11 is 0. The van der Waals surface area contributed by atoms with Crippen molar-refractivity contribution in [3.05, 3.63) is 24.3 Å². The van der Waals surface area contributed by atoms with Crippen LogP contribution in [0.5, 0.6) is 0 Å². The maximum Gasteiger partial charge on any atom is 0.330 e. The monoisotopic (exact) mass is 264 g/mol. The van der Waals surface area contributed by atoms with Crippen molar-refractivity contribution >= 4 is 11.9 Å². The van der Waals surface area contributed by atoms with E-state index in [9.17, 15) is 9.59 Å². The summed E-state index contributed by atoms with van der Waals surface area (Å²) in [6, 6.07) is 0. The van der Waals surface area contributed by atoms with Gasteiger partial charge in [0.05, 0.1) is 13.0 Å². The smallest absolute Gasteiger partial charge is 0.330 e. The molecular weight excluding hydrogens is 244 g/mol. The Labute approximate surface area is 113 Å². The average molecular weight is 264 g/mol. The second kappa shape index (κ2) is 4.83. The molecule has 0 bridgehead atoms. The first-order valence-corrected chi connectivity index (χ1v) is 6.68. The van der Waals surface area contributed by atoms with Crippen LogP contribution >= 0.6 is 0 Å². The SMILES string of the molecule is CCOC(=O)/C=C/[C@]12C=CC(C)C[C@@]1(C)CC(=O)O2. The van der Waals surface area contributed by atoms with Gasteiger partial charge < -0.3 is 9.47 Å². The number of ether oxygens (including phenoxy) is 2. The first-order chi connectivity index (χ1) is 8.91. The highest BCUT2D eigenvalue weighted by molar-refractivity contribution is 5.83. The molecule has 1 aliphatic heterocycles. The maximum absolute atomic E-state index is 11.7. The number of allylic oxidation sites excluding steroid dienone is 1. The number of esters is 2. The van der Waals surface area contributed by atoms with Crippen molar-refractivity contribution in [2.75, 3.05) is 6.61 Å². The zero-order valence-corrected chi connectivity index (χ0v) is 11.6. The highest BCUT2D eigenvalue weighted by Crippen LogP contribution is 2.52. The van der Waals surface area contributed by atoms with Crippen LogP contribution < -0.4 is 0 Å². The molecule has 2 rings (SSSR count). The molecule has 3 atom stereocenters. The van der Waals surface area contributed by atoms with E-state index in [1.54, 1.807) is 13.0 Å². The zero-order chi connectivity index (χ0) is 14.1. The summed E-state index contributed by atoms with van der Waals surface area (Å²) in [7, 11) is 0. The third-order valence-electron chi connectivity index (χ3n) is 3.96. The highest BCUT2D eigenvalue weighted by atomic mass is 16.6. The molecule has 1 aliphatic carbocycles. The van der Waals surface area contributed by atoms with Gasteiger partial charge in [-0.15, -0.1) is 0 Å². The first-order valence-electron chi connectivity index (χ1n) is 6.68. The van der Waals surface area contributed by atoms with Gasteiger partial charge in [-0.25, -0.2) is 4.79 Å². The Hall–Kier alpha value is -1.58. The minimum Gasteiger partial charge on any atom is -0.463 e. The van der Waals surface area contributed by atoms with Crippen LogP contribution in [0.3, 0.4) is 0 Å². The van der Waals surface area contributed by atoms with Gasteiger partial charge in [0.2, 0.25) is 0 Å². The van der Waals surface area contributed by atoms with Crippen LogP contribution in [0, 0.1) is 11.3 Å². The third-order valence-corrected chi connectivity index (χ3v) is 3.96. The molecule has 0 aromatic heterocycles. The van der Waals surface area contributed by atoms with Crippen LogP contribution in [0.2, 0.25) is 0 Å². The Morgan fingerprint density at radius 2 is 2.37 bits per heavy atom. The standard InChI is InChI=1S/C15H20O4/c1-4-18-12(16)6-8-15-7-5-11(2)9-14(15,3)10-13(17)19-15/h5-8,11H,4,9-10H2,1-3H3/b8-6+/t11?,14-,15+/m0/s1. The van der Waals surface area contributed by atoms with Gasteiger partial charge in [0, 0.05) is 11.5 Å². The van der Waals surface area contributed by atoms with Crippen LogP contribution in [-0.2, 0) is 19.1 Å². The lowest BCUT2D eigenvalue weighted by Crippen LogP contribution is -2.43. The summed E-state index contributed by atoms with van der Waals surface area (Å²) in [5.74, 6) is -0.215. The molecule has 0 aromatic carbocycles. The maximum atomic E-state index is 11.7. The minimum atomic E-state index is -0.802. The fourth-order valence-corrected chi connectivity index (χ4v) is 3.03. The lowest BCUT2D eigenvalue weighted by molar-refractivity contribution is -0.144. The summed E-state index contributed by atoms with van der Waals surface area (Å²) in [6.45, 7) is 6.24. The van der Waals surface area contributed by atoms with Gasteiger partial charge in [-0.2, -0.15) is 0 Å². The van der Waals surface area contributed by atoms with Gasteiger partial charge in [-0.05, 0) is 31.4 Å². The lowest BCUT2D eigenvalue weighted by atomic mass is 9.64. The topological polar surface area (TPSA) is 52.6 Å². The third kappa shape index (κ3) is 2.44. The van der Waals surface area contributed by atoms with E-state index in [1.807, 2.05) is 19.1 Å². The Kier molecular flexibility index (Phi) is 3.52. The molecule has 4 nitrogen and oxygen atoms in total. The van der Waals surface area contributed by atoms with E-state index in [-0.39, 0.29) is 11.4 Å².